The lowest BCUT2D eigenvalue weighted by Gasteiger charge is -2.30. The molecule has 0 radical (unpaired) electrons. The molecule has 4 amide bonds. The fourth-order valence-electron chi connectivity index (χ4n) is 8.83. The van der Waals surface area contributed by atoms with Crippen LogP contribution in [0.2, 0.25) is 0 Å². The number of carbonyl (C=O) groups is 4. The van der Waals surface area contributed by atoms with Crippen LogP contribution in [0.4, 0.5) is 4.79 Å². The minimum atomic E-state index is -0.690. The van der Waals surface area contributed by atoms with Gasteiger partial charge in [-0.3, -0.25) is 14.4 Å². The number of imidazole rings is 2. The molecule has 2 aliphatic rings. The minimum absolute atomic E-state index is 0.0307. The molecule has 6 aromatic rings. The first-order valence-electron chi connectivity index (χ1n) is 20.7. The Morgan fingerprint density at radius 2 is 1.15 bits per heavy atom. The molecule has 4 aromatic carbocycles. The first-order valence-corrected chi connectivity index (χ1v) is 20.7. The Morgan fingerprint density at radius 3 is 1.58 bits per heavy atom. The zero-order valence-corrected chi connectivity index (χ0v) is 34.5. The number of alkyl carbamates (subject to hydrolysis) is 1. The van der Waals surface area contributed by atoms with E-state index in [-0.39, 0.29) is 41.6 Å². The average molecular weight is 797 g/mol. The Kier molecular flexibility index (Phi) is 10.9. The second-order valence-corrected chi connectivity index (χ2v) is 16.6. The lowest BCUT2D eigenvalue weighted by molar-refractivity contribution is -0.138. The van der Waals surface area contributed by atoms with Crippen molar-refractivity contribution in [1.82, 2.24) is 40.4 Å². The molecule has 0 bridgehead atoms. The van der Waals surface area contributed by atoms with E-state index in [2.05, 4.69) is 81.3 Å². The third-order valence-electron chi connectivity index (χ3n) is 11.9. The normalized spacial score (nSPS) is 18.2. The van der Waals surface area contributed by atoms with Crippen molar-refractivity contribution in [3.05, 3.63) is 83.4 Å². The molecule has 13 heteroatoms. The van der Waals surface area contributed by atoms with E-state index in [1.807, 2.05) is 49.6 Å². The number of methoxy groups -OCH3 is 1. The van der Waals surface area contributed by atoms with Crippen LogP contribution in [0.15, 0.2) is 60.7 Å². The summed E-state index contributed by atoms with van der Waals surface area (Å²) in [5, 5.41) is 9.83. The Morgan fingerprint density at radius 1 is 0.695 bits per heavy atom. The maximum atomic E-state index is 13.7. The van der Waals surface area contributed by atoms with Crippen molar-refractivity contribution in [1.29, 1.82) is 0 Å². The summed E-state index contributed by atoms with van der Waals surface area (Å²) in [7, 11) is 1.30. The molecule has 0 aliphatic carbocycles. The van der Waals surface area contributed by atoms with Gasteiger partial charge in [0.05, 0.1) is 41.3 Å². The van der Waals surface area contributed by atoms with Crippen LogP contribution in [0.3, 0.4) is 0 Å². The lowest BCUT2D eigenvalue weighted by atomic mass is 10.0. The van der Waals surface area contributed by atoms with Gasteiger partial charge in [-0.1, -0.05) is 76.2 Å². The topological polar surface area (TPSA) is 165 Å². The summed E-state index contributed by atoms with van der Waals surface area (Å²) >= 11 is 0. The van der Waals surface area contributed by atoms with E-state index in [9.17, 15) is 19.2 Å². The highest BCUT2D eigenvalue weighted by atomic mass is 16.5. The third-order valence-corrected chi connectivity index (χ3v) is 11.9. The molecule has 8 rings (SSSR count). The van der Waals surface area contributed by atoms with E-state index >= 15 is 0 Å². The zero-order valence-electron chi connectivity index (χ0n) is 34.5. The third kappa shape index (κ3) is 7.73. The highest BCUT2D eigenvalue weighted by Crippen LogP contribution is 2.36. The van der Waals surface area contributed by atoms with Gasteiger partial charge in [0.25, 0.3) is 0 Å². The first-order chi connectivity index (χ1) is 28.4. The Hall–Kier alpha value is -6.24. The number of aromatic nitrogens is 4. The van der Waals surface area contributed by atoms with E-state index < -0.39 is 18.2 Å². The molecule has 4 heterocycles. The molecule has 4 N–H and O–H groups in total. The van der Waals surface area contributed by atoms with Gasteiger partial charge >= 0.3 is 6.09 Å². The Labute approximate surface area is 343 Å². The monoisotopic (exact) mass is 796 g/mol. The van der Waals surface area contributed by atoms with Crippen molar-refractivity contribution in [2.24, 2.45) is 11.8 Å². The van der Waals surface area contributed by atoms with Crippen LogP contribution in [-0.4, -0.2) is 85.8 Å². The van der Waals surface area contributed by atoms with E-state index in [0.717, 1.165) is 92.1 Å². The molecule has 1 unspecified atom stereocenters. The van der Waals surface area contributed by atoms with E-state index in [0.29, 0.717) is 13.1 Å². The molecule has 2 saturated heterocycles. The van der Waals surface area contributed by atoms with E-state index in [1.165, 1.54) is 14.0 Å². The maximum absolute atomic E-state index is 13.7. The smallest absolute Gasteiger partial charge is 0.407 e. The Balaban J connectivity index is 1.00. The van der Waals surface area contributed by atoms with Gasteiger partial charge in [-0.25, -0.2) is 14.8 Å². The summed E-state index contributed by atoms with van der Waals surface area (Å²) in [6.07, 6.45) is 6.93. The van der Waals surface area contributed by atoms with Crippen LogP contribution in [0.1, 0.15) is 95.2 Å². The summed E-state index contributed by atoms with van der Waals surface area (Å²) in [4.78, 5) is 71.9. The van der Waals surface area contributed by atoms with Gasteiger partial charge < -0.3 is 35.1 Å². The quantitative estimate of drug-likeness (QED) is 0.103. The molecule has 306 valence electrons. The number of carbonyl (C=O) groups excluding carboxylic acids is 4. The predicted molar refractivity (Wildman–Crippen MR) is 230 cm³/mol. The molecule has 59 heavy (non-hydrogen) atoms. The second kappa shape index (κ2) is 16.2. The molecule has 2 aliphatic heterocycles. The van der Waals surface area contributed by atoms with E-state index in [1.54, 1.807) is 0 Å². The fraction of sp³-hybridized carbons (Fsp3) is 0.391. The summed E-state index contributed by atoms with van der Waals surface area (Å²) in [6.45, 7) is 10.4. The van der Waals surface area contributed by atoms with Crippen molar-refractivity contribution < 1.29 is 23.9 Å². The second-order valence-electron chi connectivity index (χ2n) is 16.6. The molecular weight excluding hydrogens is 745 g/mol. The lowest BCUT2D eigenvalue weighted by Crippen LogP contribution is -2.51. The average Bonchev–Trinajstić information content (AvgIpc) is 4.05. The minimum Gasteiger partial charge on any atom is -0.453 e. The van der Waals surface area contributed by atoms with Gasteiger partial charge in [0.15, 0.2) is 0 Å². The number of hydrogen-bond acceptors (Lipinski definition) is 7. The van der Waals surface area contributed by atoms with Crippen LogP contribution < -0.4 is 10.6 Å². The van der Waals surface area contributed by atoms with E-state index in [4.69, 9.17) is 14.7 Å². The number of fused-ring (bicyclic) bond motifs is 6. The van der Waals surface area contributed by atoms with Crippen LogP contribution in [0.5, 0.6) is 0 Å². The number of benzene rings is 4. The van der Waals surface area contributed by atoms with Gasteiger partial charge in [-0.05, 0) is 83.7 Å². The Bertz CT molecular complexity index is 2620. The van der Waals surface area contributed by atoms with Crippen molar-refractivity contribution in [2.45, 2.75) is 84.5 Å². The summed E-state index contributed by atoms with van der Waals surface area (Å²) in [5.41, 5.74) is 5.69. The number of aromatic amines is 2. The van der Waals surface area contributed by atoms with Crippen LogP contribution >= 0.6 is 0 Å². The molecule has 0 spiro atoms. The highest BCUT2D eigenvalue weighted by molar-refractivity contribution is 6.06. The predicted octanol–water partition coefficient (Wildman–Crippen LogP) is 7.78. The van der Waals surface area contributed by atoms with Crippen LogP contribution in [0, 0.1) is 11.8 Å². The summed E-state index contributed by atoms with van der Waals surface area (Å²) in [5.74, 6) is 0.972. The fourth-order valence-corrected chi connectivity index (χ4v) is 8.83. The molecule has 4 atom stereocenters. The van der Waals surface area contributed by atoms with Crippen molar-refractivity contribution in [2.75, 3.05) is 20.2 Å². The molecule has 0 saturated carbocycles. The molecule has 2 aromatic heterocycles. The number of amides is 4. The van der Waals surface area contributed by atoms with Crippen LogP contribution in [0.25, 0.3) is 55.8 Å². The van der Waals surface area contributed by atoms with Crippen LogP contribution in [-0.2, 0) is 19.1 Å². The summed E-state index contributed by atoms with van der Waals surface area (Å²) in [6, 6.07) is 19.3. The summed E-state index contributed by atoms with van der Waals surface area (Å²) < 4.78 is 4.79. The number of H-pyrrole nitrogens is 2. The maximum Gasteiger partial charge on any atom is 0.407 e. The molecule has 2 fully saturated rings. The standard InChI is InChI=1S/C46H52N8O5/c1-25(2)38(47-27(5)55)44(56)53-21-7-9-36(53)42-48-34-19-15-30-23-28(13-17-32(30)40(34)50-42)11-12-29-14-18-33-31(24-29)16-20-35-41(33)51-43(49-35)37-10-8-22-54(37)45(57)39(26(3)4)52-46(58)59-6/h11-20,23-26,36-39H,7-10,21-22H2,1-6H3,(H,47,55)(H,48,50)(H,49,51)(H,52,58)/t36-,37?,38-,39-/m0/s1. The van der Waals surface area contributed by atoms with Gasteiger partial charge in [0.2, 0.25) is 17.7 Å². The zero-order chi connectivity index (χ0) is 41.5. The van der Waals surface area contributed by atoms with Gasteiger partial charge in [0, 0.05) is 30.8 Å². The van der Waals surface area contributed by atoms with Gasteiger partial charge in [0.1, 0.15) is 23.7 Å². The number of likely N-dealkylation sites (tertiary alicyclic amines) is 2. The number of nitrogens with one attached hydrogen (secondary N) is 4. The largest absolute Gasteiger partial charge is 0.453 e. The van der Waals surface area contributed by atoms with Gasteiger partial charge in [-0.2, -0.15) is 0 Å². The first kappa shape index (κ1) is 39.6. The molecular formula is C46H52N8O5. The van der Waals surface area contributed by atoms with Gasteiger partial charge in [-0.15, -0.1) is 0 Å². The van der Waals surface area contributed by atoms with Crippen molar-refractivity contribution >= 4 is 79.6 Å². The number of rotatable bonds is 10. The number of hydrogen-bond donors (Lipinski definition) is 4. The van der Waals surface area contributed by atoms with Crippen molar-refractivity contribution in [3.8, 4) is 0 Å². The highest BCUT2D eigenvalue weighted by Gasteiger charge is 2.39. The number of ether oxygens (including phenoxy) is 1. The van der Waals surface area contributed by atoms with Crippen molar-refractivity contribution in [3.63, 3.8) is 0 Å². The SMILES string of the molecule is COC(=O)N[C@H](C(=O)N1CCCC1c1nc2ccc3cc(C=Cc4ccc5c(ccc6nc([C@@H]7CCCN7C(=O)[C@@H](NC(C)=O)C(C)C)[nH]c65)c4)ccc3c2[nH]1)C(C)C. The number of nitrogens with zero attached hydrogens (tertiary/aromatic N) is 4. The molecule has 13 nitrogen and oxygen atoms in total.